The molecule has 8 nitrogen and oxygen atoms in total. The Morgan fingerprint density at radius 1 is 0.935 bits per heavy atom. The average Bonchev–Trinajstić information content (AvgIpc) is 3.50. The molecule has 0 saturated heterocycles. The van der Waals surface area contributed by atoms with Crippen LogP contribution in [0.15, 0.2) is 36.4 Å². The SMILES string of the molecule is CC(C)c1ccc2c(c1)CCC1CC(C)(N(CC(N)=O)C(=O)CN(C(=O)CNCCCCN)c3ccc4c(c3)CCC4)CCC21C. The number of hydrogen-bond acceptors (Lipinski definition) is 5. The predicted octanol–water partition coefficient (Wildman–Crippen LogP) is 4.74. The van der Waals surface area contributed by atoms with Gasteiger partial charge in [-0.05, 0) is 141 Å². The summed E-state index contributed by atoms with van der Waals surface area (Å²) in [7, 11) is 0. The Morgan fingerprint density at radius 2 is 1.72 bits per heavy atom. The van der Waals surface area contributed by atoms with Crippen molar-refractivity contribution in [3.8, 4) is 0 Å². The third kappa shape index (κ3) is 7.18. The van der Waals surface area contributed by atoms with Gasteiger partial charge in [0.1, 0.15) is 6.54 Å². The highest BCUT2D eigenvalue weighted by atomic mass is 16.2. The highest BCUT2D eigenvalue weighted by molar-refractivity contribution is 6.00. The number of aryl methyl sites for hydroxylation is 3. The van der Waals surface area contributed by atoms with Crippen molar-refractivity contribution < 1.29 is 14.4 Å². The molecule has 0 aliphatic heterocycles. The standard InChI is InChI=1S/C38H55N5O3/c1-26(2)28-12-15-33-30(20-28)10-13-31-22-37(3,16-17-38(31,33)4)43(24-34(40)44)36(46)25-42(35(45)23-41-19-6-5-18-39)32-14-11-27-8-7-9-29(27)21-32/h11-12,14-15,20-21,26,31,41H,5-10,13,16-19,22-25,39H2,1-4H3,(H2,40,44). The van der Waals surface area contributed by atoms with E-state index in [0.29, 0.717) is 24.9 Å². The van der Waals surface area contributed by atoms with E-state index in [-0.39, 0.29) is 36.9 Å². The van der Waals surface area contributed by atoms with E-state index in [9.17, 15) is 14.4 Å². The predicted molar refractivity (Wildman–Crippen MR) is 185 cm³/mol. The first-order valence-electron chi connectivity index (χ1n) is 17.5. The van der Waals surface area contributed by atoms with E-state index in [1.165, 1.54) is 27.8 Å². The van der Waals surface area contributed by atoms with Crippen molar-refractivity contribution in [3.05, 3.63) is 64.2 Å². The van der Waals surface area contributed by atoms with Gasteiger partial charge in [0.25, 0.3) is 0 Å². The minimum atomic E-state index is -0.543. The Morgan fingerprint density at radius 3 is 2.46 bits per heavy atom. The Hall–Kier alpha value is -3.23. The number of rotatable bonds is 13. The second-order valence-electron chi connectivity index (χ2n) is 14.8. The molecule has 3 amide bonds. The number of carbonyl (C=O) groups excluding carboxylic acids is 3. The molecule has 3 unspecified atom stereocenters. The highest BCUT2D eigenvalue weighted by Gasteiger charge is 2.51. The van der Waals surface area contributed by atoms with Gasteiger partial charge in [0.15, 0.2) is 0 Å². The van der Waals surface area contributed by atoms with Gasteiger partial charge in [-0.25, -0.2) is 0 Å². The van der Waals surface area contributed by atoms with E-state index in [1.54, 1.807) is 9.80 Å². The molecule has 8 heteroatoms. The first kappa shape index (κ1) is 34.1. The van der Waals surface area contributed by atoms with Crippen molar-refractivity contribution in [2.24, 2.45) is 17.4 Å². The van der Waals surface area contributed by atoms with Crippen LogP contribution in [0.3, 0.4) is 0 Å². The van der Waals surface area contributed by atoms with Gasteiger partial charge < -0.3 is 26.6 Å². The van der Waals surface area contributed by atoms with Crippen molar-refractivity contribution in [2.75, 3.05) is 37.6 Å². The molecule has 5 N–H and O–H groups in total. The van der Waals surface area contributed by atoms with Gasteiger partial charge in [-0.3, -0.25) is 14.4 Å². The Bertz CT molecular complexity index is 1440. The van der Waals surface area contributed by atoms with Crippen LogP contribution in [-0.4, -0.2) is 60.9 Å². The molecule has 5 rings (SSSR count). The van der Waals surface area contributed by atoms with Crippen LogP contribution in [0.1, 0.15) is 106 Å². The Labute approximate surface area is 275 Å². The molecular weight excluding hydrogens is 574 g/mol. The Kier molecular flexibility index (Phi) is 10.6. The van der Waals surface area contributed by atoms with Gasteiger partial charge in [0, 0.05) is 11.2 Å². The molecular formula is C38H55N5O3. The van der Waals surface area contributed by atoms with Crippen LogP contribution in [0, 0.1) is 5.92 Å². The zero-order chi connectivity index (χ0) is 33.1. The van der Waals surface area contributed by atoms with Crippen molar-refractivity contribution in [2.45, 2.75) is 109 Å². The fourth-order valence-corrected chi connectivity index (χ4v) is 8.37. The summed E-state index contributed by atoms with van der Waals surface area (Å²) in [6.07, 6.45) is 9.44. The molecule has 2 aromatic rings. The smallest absolute Gasteiger partial charge is 0.243 e. The lowest BCUT2D eigenvalue weighted by Crippen LogP contribution is -2.60. The lowest BCUT2D eigenvalue weighted by molar-refractivity contribution is -0.143. The fourth-order valence-electron chi connectivity index (χ4n) is 8.37. The summed E-state index contributed by atoms with van der Waals surface area (Å²) in [4.78, 5) is 43.8. The number of anilines is 1. The maximum atomic E-state index is 14.3. The van der Waals surface area contributed by atoms with E-state index in [4.69, 9.17) is 11.5 Å². The zero-order valence-corrected chi connectivity index (χ0v) is 28.5. The van der Waals surface area contributed by atoms with E-state index < -0.39 is 11.4 Å². The number of nitrogens with zero attached hydrogens (tertiary/aromatic N) is 2. The van der Waals surface area contributed by atoms with Crippen molar-refractivity contribution in [1.29, 1.82) is 0 Å². The number of carbonyl (C=O) groups is 3. The minimum absolute atomic E-state index is 0.0199. The minimum Gasteiger partial charge on any atom is -0.368 e. The first-order chi connectivity index (χ1) is 21.9. The van der Waals surface area contributed by atoms with Crippen molar-refractivity contribution in [3.63, 3.8) is 0 Å². The molecule has 0 spiro atoms. The number of hydrogen-bond donors (Lipinski definition) is 3. The molecule has 46 heavy (non-hydrogen) atoms. The molecule has 1 saturated carbocycles. The molecule has 0 heterocycles. The fraction of sp³-hybridized carbons (Fsp3) is 0.605. The molecule has 1 fully saturated rings. The first-order valence-corrected chi connectivity index (χ1v) is 17.5. The van der Waals surface area contributed by atoms with Gasteiger partial charge in [0.2, 0.25) is 17.7 Å². The third-order valence-corrected chi connectivity index (χ3v) is 11.3. The number of primary amides is 1. The van der Waals surface area contributed by atoms with E-state index in [0.717, 1.165) is 69.9 Å². The summed E-state index contributed by atoms with van der Waals surface area (Å²) in [6, 6.07) is 13.1. The summed E-state index contributed by atoms with van der Waals surface area (Å²) in [5.41, 5.74) is 18.5. The van der Waals surface area contributed by atoms with Crippen LogP contribution in [-0.2, 0) is 39.1 Å². The van der Waals surface area contributed by atoms with Crippen molar-refractivity contribution in [1.82, 2.24) is 10.2 Å². The normalized spacial score (nSPS) is 23.4. The van der Waals surface area contributed by atoms with Gasteiger partial charge in [-0.15, -0.1) is 0 Å². The molecule has 0 radical (unpaired) electrons. The summed E-state index contributed by atoms with van der Waals surface area (Å²) in [6.45, 7) is 10.1. The van der Waals surface area contributed by atoms with Crippen LogP contribution in [0.2, 0.25) is 0 Å². The maximum Gasteiger partial charge on any atom is 0.243 e. The number of unbranched alkanes of at least 4 members (excludes halogenated alkanes) is 1. The van der Waals surface area contributed by atoms with Crippen molar-refractivity contribution >= 4 is 23.4 Å². The molecule has 0 aromatic heterocycles. The zero-order valence-electron chi connectivity index (χ0n) is 28.5. The summed E-state index contributed by atoms with van der Waals surface area (Å²) < 4.78 is 0. The molecule has 0 bridgehead atoms. The second kappa shape index (κ2) is 14.3. The lowest BCUT2D eigenvalue weighted by Gasteiger charge is -2.55. The number of nitrogens with one attached hydrogen (secondary N) is 1. The molecule has 2 aromatic carbocycles. The maximum absolute atomic E-state index is 14.3. The van der Waals surface area contributed by atoms with E-state index in [2.05, 4.69) is 63.3 Å². The third-order valence-electron chi connectivity index (χ3n) is 11.3. The van der Waals surface area contributed by atoms with Gasteiger partial charge in [0.05, 0.1) is 13.1 Å². The Balaban J connectivity index is 1.38. The summed E-state index contributed by atoms with van der Waals surface area (Å²) in [5.74, 6) is -0.0631. The molecule has 250 valence electrons. The number of benzene rings is 2. The van der Waals surface area contributed by atoms with Crippen LogP contribution >= 0.6 is 0 Å². The monoisotopic (exact) mass is 629 g/mol. The highest BCUT2D eigenvalue weighted by Crippen LogP contribution is 2.54. The lowest BCUT2D eigenvalue weighted by atomic mass is 9.54. The second-order valence-corrected chi connectivity index (χ2v) is 14.8. The molecule has 3 atom stereocenters. The molecule has 3 aliphatic carbocycles. The van der Waals surface area contributed by atoms with E-state index >= 15 is 0 Å². The van der Waals surface area contributed by atoms with Crippen LogP contribution < -0.4 is 21.7 Å². The number of fused-ring (bicyclic) bond motifs is 4. The summed E-state index contributed by atoms with van der Waals surface area (Å²) >= 11 is 0. The number of amides is 3. The largest absolute Gasteiger partial charge is 0.368 e. The topological polar surface area (TPSA) is 122 Å². The number of nitrogens with two attached hydrogens (primary N) is 2. The van der Waals surface area contributed by atoms with Gasteiger partial charge in [-0.2, -0.15) is 0 Å². The molecule has 3 aliphatic rings. The van der Waals surface area contributed by atoms with E-state index in [1.807, 2.05) is 6.07 Å². The summed E-state index contributed by atoms with van der Waals surface area (Å²) in [5, 5.41) is 3.24. The van der Waals surface area contributed by atoms with Crippen LogP contribution in [0.5, 0.6) is 0 Å². The quantitative estimate of drug-likeness (QED) is 0.277. The van der Waals surface area contributed by atoms with Crippen LogP contribution in [0.25, 0.3) is 0 Å². The van der Waals surface area contributed by atoms with Crippen LogP contribution in [0.4, 0.5) is 5.69 Å². The average molecular weight is 630 g/mol. The van der Waals surface area contributed by atoms with Gasteiger partial charge in [-0.1, -0.05) is 45.0 Å². The van der Waals surface area contributed by atoms with Gasteiger partial charge >= 0.3 is 0 Å².